The minimum absolute atomic E-state index is 0.0551. The van der Waals surface area contributed by atoms with Crippen molar-refractivity contribution in [3.05, 3.63) is 64.6 Å². The number of nitrogens with zero attached hydrogens (tertiary/aromatic N) is 2. The van der Waals surface area contributed by atoms with Crippen molar-refractivity contribution in [2.75, 3.05) is 4.72 Å². The van der Waals surface area contributed by atoms with Crippen molar-refractivity contribution in [3.8, 4) is 0 Å². The first-order chi connectivity index (χ1) is 14.5. The van der Waals surface area contributed by atoms with Gasteiger partial charge in [-0.1, -0.05) is 24.8 Å². The van der Waals surface area contributed by atoms with Gasteiger partial charge >= 0.3 is 0 Å². The van der Waals surface area contributed by atoms with Crippen LogP contribution < -0.4 is 27.5 Å². The number of rotatable bonds is 9. The molecular weight excluding hydrogens is 424 g/mol. The summed E-state index contributed by atoms with van der Waals surface area (Å²) in [5.74, 6) is -1.29. The molecule has 0 aliphatic carbocycles. The molecule has 11 nitrogen and oxygen atoms in total. The summed E-state index contributed by atoms with van der Waals surface area (Å²) in [5.41, 5.74) is 15.9. The predicted molar refractivity (Wildman–Crippen MR) is 117 cm³/mol. The van der Waals surface area contributed by atoms with E-state index in [-0.39, 0.29) is 16.5 Å². The van der Waals surface area contributed by atoms with Crippen LogP contribution in [0.15, 0.2) is 57.8 Å². The van der Waals surface area contributed by atoms with Gasteiger partial charge in [0.1, 0.15) is 5.69 Å². The molecule has 2 aromatic rings. The van der Waals surface area contributed by atoms with Gasteiger partial charge in [-0.05, 0) is 48.8 Å². The highest BCUT2D eigenvalue weighted by Crippen LogP contribution is 2.19. The number of sulfonamides is 1. The maximum Gasteiger partial charge on any atom is 0.275 e. The second-order valence-electron chi connectivity index (χ2n) is 6.62. The number of guanidine groups is 1. The number of amides is 1. The molecule has 0 saturated carbocycles. The van der Waals surface area contributed by atoms with Gasteiger partial charge in [-0.2, -0.15) is 0 Å². The largest absolute Gasteiger partial charge is 0.387 e. The zero-order valence-corrected chi connectivity index (χ0v) is 17.8. The number of carbonyl (C=O) groups is 1. The van der Waals surface area contributed by atoms with Crippen LogP contribution in [0.2, 0.25) is 0 Å². The molecule has 0 aliphatic rings. The number of oxime groups is 1. The van der Waals surface area contributed by atoms with E-state index in [1.807, 2.05) is 0 Å². The quantitative estimate of drug-likeness (QED) is 0.240. The van der Waals surface area contributed by atoms with Crippen LogP contribution in [0.3, 0.4) is 0 Å². The Labute approximate surface area is 179 Å². The topological polar surface area (TPSA) is 185 Å². The van der Waals surface area contributed by atoms with Crippen LogP contribution in [0.25, 0.3) is 6.08 Å². The summed E-state index contributed by atoms with van der Waals surface area (Å²) < 4.78 is 28.7. The van der Waals surface area contributed by atoms with E-state index in [1.54, 1.807) is 25.1 Å². The third-order valence-electron chi connectivity index (χ3n) is 4.33. The third-order valence-corrected chi connectivity index (χ3v) is 5.71. The van der Waals surface area contributed by atoms with Gasteiger partial charge in [0.05, 0.1) is 4.90 Å². The first-order valence-electron chi connectivity index (χ1n) is 8.99. The van der Waals surface area contributed by atoms with Crippen molar-refractivity contribution in [3.63, 3.8) is 0 Å². The Bertz CT molecular complexity index is 1170. The second-order valence-corrected chi connectivity index (χ2v) is 8.30. The van der Waals surface area contributed by atoms with Crippen LogP contribution >= 0.6 is 0 Å². The van der Waals surface area contributed by atoms with Crippen molar-refractivity contribution in [2.24, 2.45) is 22.4 Å². The number of hydrogen-bond acceptors (Lipinski definition) is 6. The molecule has 0 aliphatic heterocycles. The number of primary amides is 1. The summed E-state index contributed by atoms with van der Waals surface area (Å²) in [4.78, 5) is 30.2. The SMILES string of the molecule is C=Cc1ccc(S(=O)(=O)Nc2ccc(C)n(C(C(N)=O)C(C)ON=C(N)N)c2=O)cc1. The standard InChI is InChI=1S/C19H24N6O5S/c1-4-13-6-8-14(9-7-13)31(28,29)24-15-10-5-11(2)25(18(15)27)16(17(20)26)12(3)30-23-19(21)22/h4-10,12,16,24H,1H2,2-3H3,(H2,20,26)(H4,21,22,23). The predicted octanol–water partition coefficient (Wildman–Crippen LogP) is 0.220. The normalized spacial score (nSPS) is 13.0. The number of carbonyl (C=O) groups excluding carboxylic acids is 1. The number of anilines is 1. The molecule has 1 heterocycles. The van der Waals surface area contributed by atoms with E-state index in [0.717, 1.165) is 10.1 Å². The highest BCUT2D eigenvalue weighted by molar-refractivity contribution is 7.92. The van der Waals surface area contributed by atoms with E-state index in [2.05, 4.69) is 16.5 Å². The van der Waals surface area contributed by atoms with Gasteiger partial charge in [-0.25, -0.2) is 8.42 Å². The maximum absolute atomic E-state index is 13.1. The minimum Gasteiger partial charge on any atom is -0.387 e. The fourth-order valence-electron chi connectivity index (χ4n) is 2.83. The summed E-state index contributed by atoms with van der Waals surface area (Å²) in [7, 11) is -4.08. The zero-order chi connectivity index (χ0) is 23.3. The molecule has 0 saturated heterocycles. The van der Waals surface area contributed by atoms with E-state index in [4.69, 9.17) is 22.0 Å². The molecule has 1 aromatic heterocycles. The number of aryl methyl sites for hydroxylation is 1. The number of benzene rings is 1. The van der Waals surface area contributed by atoms with Crippen LogP contribution in [0.1, 0.15) is 24.2 Å². The van der Waals surface area contributed by atoms with Gasteiger partial charge in [0.25, 0.3) is 15.6 Å². The van der Waals surface area contributed by atoms with Crippen LogP contribution in [0.5, 0.6) is 0 Å². The van der Waals surface area contributed by atoms with Gasteiger partial charge in [0.2, 0.25) is 11.9 Å². The minimum atomic E-state index is -4.08. The van der Waals surface area contributed by atoms with Gasteiger partial charge in [0.15, 0.2) is 12.1 Å². The lowest BCUT2D eigenvalue weighted by Gasteiger charge is -2.24. The van der Waals surface area contributed by atoms with Crippen LogP contribution in [-0.4, -0.2) is 31.0 Å². The molecule has 2 rings (SSSR count). The van der Waals surface area contributed by atoms with Crippen LogP contribution in [0.4, 0.5) is 5.69 Å². The molecule has 7 N–H and O–H groups in total. The van der Waals surface area contributed by atoms with Gasteiger partial charge in [-0.15, -0.1) is 0 Å². The van der Waals surface area contributed by atoms with Gasteiger partial charge in [-0.3, -0.25) is 18.9 Å². The highest BCUT2D eigenvalue weighted by atomic mass is 32.2. The molecule has 31 heavy (non-hydrogen) atoms. The molecule has 2 atom stereocenters. The number of nitrogens with one attached hydrogen (secondary N) is 1. The molecule has 166 valence electrons. The summed E-state index contributed by atoms with van der Waals surface area (Å²) in [6.07, 6.45) is 0.534. The van der Waals surface area contributed by atoms with E-state index < -0.39 is 33.6 Å². The van der Waals surface area contributed by atoms with Gasteiger partial charge < -0.3 is 22.0 Å². The molecule has 0 spiro atoms. The lowest BCUT2D eigenvalue weighted by atomic mass is 10.1. The molecule has 2 unspecified atom stereocenters. The molecular formula is C19H24N6O5S. The fourth-order valence-corrected chi connectivity index (χ4v) is 3.88. The third kappa shape index (κ3) is 5.42. The lowest BCUT2D eigenvalue weighted by molar-refractivity contribution is -0.125. The Morgan fingerprint density at radius 2 is 1.81 bits per heavy atom. The summed E-state index contributed by atoms with van der Waals surface area (Å²) >= 11 is 0. The van der Waals surface area contributed by atoms with Crippen molar-refractivity contribution < 1.29 is 18.0 Å². The van der Waals surface area contributed by atoms with Crippen LogP contribution in [-0.2, 0) is 19.7 Å². The molecule has 0 fully saturated rings. The number of pyridine rings is 1. The summed E-state index contributed by atoms with van der Waals surface area (Å²) in [5, 5.41) is 3.38. The van der Waals surface area contributed by atoms with Crippen molar-refractivity contribution >= 4 is 33.7 Å². The fraction of sp³-hybridized carbons (Fsp3) is 0.211. The molecule has 1 aromatic carbocycles. The number of nitrogens with two attached hydrogens (primary N) is 3. The molecule has 0 radical (unpaired) electrons. The maximum atomic E-state index is 13.1. The van der Waals surface area contributed by atoms with Crippen molar-refractivity contribution in [1.29, 1.82) is 0 Å². The Kier molecular flexibility index (Phi) is 7.08. The highest BCUT2D eigenvalue weighted by Gasteiger charge is 2.30. The van der Waals surface area contributed by atoms with Crippen LogP contribution in [0, 0.1) is 6.92 Å². The first kappa shape index (κ1) is 23.5. The smallest absolute Gasteiger partial charge is 0.275 e. The van der Waals surface area contributed by atoms with E-state index in [9.17, 15) is 18.0 Å². The zero-order valence-electron chi connectivity index (χ0n) is 17.0. The summed E-state index contributed by atoms with van der Waals surface area (Å²) in [6.45, 7) is 6.60. The number of aromatic nitrogens is 1. The van der Waals surface area contributed by atoms with E-state index >= 15 is 0 Å². The lowest BCUT2D eigenvalue weighted by Crippen LogP contribution is -2.42. The van der Waals surface area contributed by atoms with Gasteiger partial charge in [0, 0.05) is 5.69 Å². The van der Waals surface area contributed by atoms with E-state index in [1.165, 1.54) is 31.2 Å². The van der Waals surface area contributed by atoms with Crippen molar-refractivity contribution in [2.45, 2.75) is 30.9 Å². The Balaban J connectivity index is 2.49. The second kappa shape index (κ2) is 9.34. The van der Waals surface area contributed by atoms with E-state index in [0.29, 0.717) is 5.69 Å². The average molecular weight is 449 g/mol. The average Bonchev–Trinajstić information content (AvgIpc) is 2.71. The Morgan fingerprint density at radius 1 is 1.19 bits per heavy atom. The summed E-state index contributed by atoms with van der Waals surface area (Å²) in [6, 6.07) is 7.34. The monoisotopic (exact) mass is 448 g/mol. The Morgan fingerprint density at radius 3 is 2.32 bits per heavy atom. The Hall–Kier alpha value is -3.80. The first-order valence-corrected chi connectivity index (χ1v) is 10.5. The molecule has 12 heteroatoms. The molecule has 1 amide bonds. The number of hydrogen-bond donors (Lipinski definition) is 4. The molecule has 0 bridgehead atoms. The van der Waals surface area contributed by atoms with Crippen molar-refractivity contribution in [1.82, 2.24) is 4.57 Å².